The Morgan fingerprint density at radius 2 is 2.10 bits per heavy atom. The number of hydrogen-bond donors (Lipinski definition) is 1. The van der Waals surface area contributed by atoms with E-state index >= 15 is 0 Å². The Balaban J connectivity index is 2.26. The highest BCUT2D eigenvalue weighted by molar-refractivity contribution is 9.10. The van der Waals surface area contributed by atoms with E-state index in [-0.39, 0.29) is 15.0 Å². The van der Waals surface area contributed by atoms with Crippen LogP contribution in [0.5, 0.6) is 0 Å². The third kappa shape index (κ3) is 3.95. The summed E-state index contributed by atoms with van der Waals surface area (Å²) in [5.41, 5.74) is 0.561. The van der Waals surface area contributed by atoms with Crippen LogP contribution < -0.4 is 5.32 Å². The van der Waals surface area contributed by atoms with E-state index in [1.807, 2.05) is 0 Å². The predicted molar refractivity (Wildman–Crippen MR) is 87.0 cm³/mol. The highest BCUT2D eigenvalue weighted by Gasteiger charge is 2.20. The number of nitrogens with zero attached hydrogens (tertiary/aromatic N) is 1. The maximum atomic E-state index is 12.0. The number of carbonyl (C=O) groups excluding carboxylic acids is 1. The summed E-state index contributed by atoms with van der Waals surface area (Å²) in [4.78, 5) is 16.0. The Labute approximate surface area is 142 Å². The first-order chi connectivity index (χ1) is 9.68. The van der Waals surface area contributed by atoms with E-state index in [9.17, 15) is 13.2 Å². The van der Waals surface area contributed by atoms with Gasteiger partial charge in [-0.25, -0.2) is 13.4 Å². The molecule has 5 nitrogen and oxygen atoms in total. The zero-order valence-corrected chi connectivity index (χ0v) is 15.1. The van der Waals surface area contributed by atoms with Gasteiger partial charge in [0.25, 0.3) is 15.0 Å². The largest absolute Gasteiger partial charge is 0.298 e. The molecule has 1 aromatic carbocycles. The fourth-order valence-electron chi connectivity index (χ4n) is 1.47. The van der Waals surface area contributed by atoms with Gasteiger partial charge in [0, 0.05) is 20.7 Å². The maximum Gasteiger partial charge on any atom is 0.272 e. The summed E-state index contributed by atoms with van der Waals surface area (Å²) in [5.74, 6) is -0.448. The summed E-state index contributed by atoms with van der Waals surface area (Å²) < 4.78 is 23.2. The number of carbonyl (C=O) groups is 1. The quantitative estimate of drug-likeness (QED) is 0.746. The van der Waals surface area contributed by atoms with Crippen molar-refractivity contribution in [3.63, 3.8) is 0 Å². The number of benzene rings is 1. The fraction of sp³-hybridized carbons (Fsp3) is 0.0909. The zero-order valence-electron chi connectivity index (χ0n) is 10.4. The van der Waals surface area contributed by atoms with E-state index in [0.717, 1.165) is 11.3 Å². The Bertz CT molecular complexity index is 821. The summed E-state index contributed by atoms with van der Waals surface area (Å²) in [5, 5.41) is 3.05. The van der Waals surface area contributed by atoms with Crippen LogP contribution in [0.3, 0.4) is 0 Å². The molecular formula is C11H7BrCl2N2O3S2. The van der Waals surface area contributed by atoms with Gasteiger partial charge in [0.15, 0.2) is 9.34 Å². The summed E-state index contributed by atoms with van der Waals surface area (Å²) in [7, 11) is 1.40. The van der Waals surface area contributed by atoms with Gasteiger partial charge < -0.3 is 0 Å². The molecule has 0 radical (unpaired) electrons. The molecule has 1 amide bonds. The molecule has 0 aliphatic rings. The first-order valence-corrected chi connectivity index (χ1v) is 9.66. The van der Waals surface area contributed by atoms with Crippen LogP contribution in [0.1, 0.15) is 16.1 Å². The van der Waals surface area contributed by atoms with Gasteiger partial charge in [0.2, 0.25) is 0 Å². The van der Waals surface area contributed by atoms with Crippen LogP contribution in [0.4, 0.5) is 5.13 Å². The second kappa shape index (κ2) is 6.21. The number of hydrogen-bond acceptors (Lipinski definition) is 5. The lowest BCUT2D eigenvalue weighted by Crippen LogP contribution is -2.11. The molecule has 21 heavy (non-hydrogen) atoms. The zero-order chi connectivity index (χ0) is 15.8. The molecule has 112 valence electrons. The number of rotatable bonds is 3. The van der Waals surface area contributed by atoms with E-state index < -0.39 is 15.0 Å². The van der Waals surface area contributed by atoms with Crippen LogP contribution in [0.25, 0.3) is 0 Å². The molecule has 0 fully saturated rings. The van der Waals surface area contributed by atoms with Crippen molar-refractivity contribution in [3.05, 3.63) is 39.0 Å². The second-order valence-electron chi connectivity index (χ2n) is 3.91. The van der Waals surface area contributed by atoms with Crippen molar-refractivity contribution < 1.29 is 13.2 Å². The van der Waals surface area contributed by atoms with E-state index in [1.165, 1.54) is 13.0 Å². The van der Waals surface area contributed by atoms with Crippen LogP contribution in [0, 0.1) is 6.92 Å². The first-order valence-electron chi connectivity index (χ1n) is 5.37. The maximum absolute atomic E-state index is 12.0. The van der Waals surface area contributed by atoms with Crippen molar-refractivity contribution in [2.75, 3.05) is 5.32 Å². The van der Waals surface area contributed by atoms with Crippen LogP contribution in [-0.4, -0.2) is 19.3 Å². The fourth-order valence-corrected chi connectivity index (χ4v) is 4.24. The van der Waals surface area contributed by atoms with Crippen molar-refractivity contribution in [2.24, 2.45) is 0 Å². The van der Waals surface area contributed by atoms with Gasteiger partial charge in [-0.1, -0.05) is 22.9 Å². The van der Waals surface area contributed by atoms with Gasteiger partial charge >= 0.3 is 0 Å². The monoisotopic (exact) mass is 428 g/mol. The number of aryl methyl sites for hydroxylation is 1. The average molecular weight is 430 g/mol. The van der Waals surface area contributed by atoms with Gasteiger partial charge in [0.1, 0.15) is 0 Å². The lowest BCUT2D eigenvalue weighted by Gasteiger charge is -2.03. The number of halogens is 3. The Morgan fingerprint density at radius 1 is 1.43 bits per heavy atom. The highest BCUT2D eigenvalue weighted by atomic mass is 79.9. The van der Waals surface area contributed by atoms with Crippen molar-refractivity contribution in [3.8, 4) is 0 Å². The third-order valence-electron chi connectivity index (χ3n) is 2.38. The molecule has 1 heterocycles. The lowest BCUT2D eigenvalue weighted by atomic mass is 10.2. The summed E-state index contributed by atoms with van der Waals surface area (Å²) in [6.45, 7) is 1.50. The SMILES string of the molecule is Cc1nc(NC(=O)c2ccc(Br)c(Cl)c2)sc1S(=O)(=O)Cl. The molecule has 0 bridgehead atoms. The number of nitrogens with one attached hydrogen (secondary N) is 1. The smallest absolute Gasteiger partial charge is 0.272 e. The first kappa shape index (κ1) is 16.7. The topological polar surface area (TPSA) is 76.1 Å². The van der Waals surface area contributed by atoms with Crippen LogP contribution in [-0.2, 0) is 9.05 Å². The van der Waals surface area contributed by atoms with Crippen molar-refractivity contribution in [1.82, 2.24) is 4.98 Å². The van der Waals surface area contributed by atoms with Crippen molar-refractivity contribution in [1.29, 1.82) is 0 Å². The second-order valence-corrected chi connectivity index (χ2v) is 8.93. The van der Waals surface area contributed by atoms with Gasteiger partial charge in [-0.3, -0.25) is 10.1 Å². The van der Waals surface area contributed by atoms with Gasteiger partial charge in [-0.15, -0.1) is 0 Å². The standard InChI is InChI=1S/C11H7BrCl2N2O3S2/c1-5-10(21(14,18)19)20-11(15-5)16-9(17)6-2-3-7(12)8(13)4-6/h2-4H,1H3,(H,15,16,17). The van der Waals surface area contributed by atoms with E-state index in [0.29, 0.717) is 15.1 Å². The van der Waals surface area contributed by atoms with Gasteiger partial charge in [-0.2, -0.15) is 0 Å². The van der Waals surface area contributed by atoms with E-state index in [4.69, 9.17) is 22.3 Å². The average Bonchev–Trinajstić information content (AvgIpc) is 2.73. The van der Waals surface area contributed by atoms with Gasteiger partial charge in [-0.05, 0) is 41.1 Å². The minimum atomic E-state index is -3.88. The molecule has 0 saturated heterocycles. The molecule has 0 atom stereocenters. The van der Waals surface area contributed by atoms with Crippen molar-refractivity contribution >= 4 is 69.6 Å². The summed E-state index contributed by atoms with van der Waals surface area (Å²) in [6, 6.07) is 4.70. The summed E-state index contributed by atoms with van der Waals surface area (Å²) in [6.07, 6.45) is 0. The normalized spacial score (nSPS) is 11.4. The molecule has 0 aliphatic heterocycles. The van der Waals surface area contributed by atoms with Crippen molar-refractivity contribution in [2.45, 2.75) is 11.1 Å². The van der Waals surface area contributed by atoms with Crippen LogP contribution in [0.15, 0.2) is 26.9 Å². The van der Waals surface area contributed by atoms with E-state index in [2.05, 4.69) is 26.2 Å². The minimum absolute atomic E-state index is 0.0895. The molecule has 0 aliphatic carbocycles. The molecule has 1 N–H and O–H groups in total. The molecule has 2 rings (SSSR count). The predicted octanol–water partition coefficient (Wildman–Crippen LogP) is 4.05. The third-order valence-corrected chi connectivity index (χ3v) is 6.86. The Kier molecular flexibility index (Phi) is 4.94. The molecule has 1 aromatic heterocycles. The molecule has 0 unspecified atom stereocenters. The number of thiazole rings is 1. The Hall–Kier alpha value is -0.670. The molecule has 0 saturated carbocycles. The number of amides is 1. The number of anilines is 1. The van der Waals surface area contributed by atoms with E-state index in [1.54, 1.807) is 12.1 Å². The number of aromatic nitrogens is 1. The Morgan fingerprint density at radius 3 is 2.62 bits per heavy atom. The molecular weight excluding hydrogens is 423 g/mol. The molecule has 0 spiro atoms. The van der Waals surface area contributed by atoms with Gasteiger partial charge in [0.05, 0.1) is 10.7 Å². The molecule has 2 aromatic rings. The minimum Gasteiger partial charge on any atom is -0.298 e. The molecule has 10 heteroatoms. The summed E-state index contributed by atoms with van der Waals surface area (Å²) >= 11 is 9.93. The van der Waals surface area contributed by atoms with Crippen LogP contribution in [0.2, 0.25) is 5.02 Å². The lowest BCUT2D eigenvalue weighted by molar-refractivity contribution is 0.102. The van der Waals surface area contributed by atoms with Crippen LogP contribution >= 0.6 is 49.6 Å². The highest BCUT2D eigenvalue weighted by Crippen LogP contribution is 2.30.